The van der Waals surface area contributed by atoms with E-state index in [0.717, 1.165) is 24.5 Å². The summed E-state index contributed by atoms with van der Waals surface area (Å²) in [6.45, 7) is 2.77. The maximum absolute atomic E-state index is 6.05. The van der Waals surface area contributed by atoms with Gasteiger partial charge in [-0.1, -0.05) is 12.5 Å². The Morgan fingerprint density at radius 2 is 2.11 bits per heavy atom. The van der Waals surface area contributed by atoms with E-state index in [4.69, 9.17) is 15.2 Å². The molecule has 100 valence electrons. The predicted octanol–water partition coefficient (Wildman–Crippen LogP) is 2.90. The normalized spacial score (nSPS) is 23.1. The third kappa shape index (κ3) is 3.16. The zero-order valence-electron chi connectivity index (χ0n) is 11.3. The number of ether oxygens (including phenoxy) is 2. The van der Waals surface area contributed by atoms with Gasteiger partial charge in [0.15, 0.2) is 11.5 Å². The van der Waals surface area contributed by atoms with Crippen molar-refractivity contribution in [3.05, 3.63) is 23.8 Å². The van der Waals surface area contributed by atoms with Crippen molar-refractivity contribution >= 4 is 0 Å². The number of aryl methyl sites for hydroxylation is 1. The molecule has 2 N–H and O–H groups in total. The van der Waals surface area contributed by atoms with Crippen molar-refractivity contribution in [2.45, 2.75) is 38.6 Å². The van der Waals surface area contributed by atoms with Gasteiger partial charge >= 0.3 is 0 Å². The smallest absolute Gasteiger partial charge is 0.161 e. The second-order valence-corrected chi connectivity index (χ2v) is 5.15. The summed E-state index contributed by atoms with van der Waals surface area (Å²) in [7, 11) is 1.68. The molecule has 1 aromatic rings. The van der Waals surface area contributed by atoms with Gasteiger partial charge in [-0.3, -0.25) is 0 Å². The number of benzene rings is 1. The Morgan fingerprint density at radius 3 is 2.78 bits per heavy atom. The van der Waals surface area contributed by atoms with E-state index < -0.39 is 0 Å². The van der Waals surface area contributed by atoms with Crippen molar-refractivity contribution in [3.63, 3.8) is 0 Å². The molecule has 0 heterocycles. The van der Waals surface area contributed by atoms with E-state index in [1.165, 1.54) is 24.8 Å². The molecule has 18 heavy (non-hydrogen) atoms. The molecule has 3 nitrogen and oxygen atoms in total. The molecule has 0 radical (unpaired) electrons. The van der Waals surface area contributed by atoms with Crippen molar-refractivity contribution < 1.29 is 9.47 Å². The highest BCUT2D eigenvalue weighted by Crippen LogP contribution is 2.30. The monoisotopic (exact) mass is 249 g/mol. The molecule has 0 amide bonds. The van der Waals surface area contributed by atoms with Crippen LogP contribution in [0.15, 0.2) is 18.2 Å². The quantitative estimate of drug-likeness (QED) is 0.872. The van der Waals surface area contributed by atoms with Crippen LogP contribution < -0.4 is 15.2 Å². The zero-order valence-corrected chi connectivity index (χ0v) is 11.3. The van der Waals surface area contributed by atoms with Crippen LogP contribution in [0.4, 0.5) is 0 Å². The Hall–Kier alpha value is -1.22. The van der Waals surface area contributed by atoms with Gasteiger partial charge < -0.3 is 15.2 Å². The van der Waals surface area contributed by atoms with Crippen LogP contribution in [0.25, 0.3) is 0 Å². The minimum absolute atomic E-state index is 0.369. The van der Waals surface area contributed by atoms with Gasteiger partial charge in [-0.15, -0.1) is 0 Å². The highest BCUT2D eigenvalue weighted by atomic mass is 16.5. The minimum Gasteiger partial charge on any atom is -0.493 e. The summed E-state index contributed by atoms with van der Waals surface area (Å²) in [6.07, 6.45) is 4.71. The molecule has 1 aliphatic carbocycles. The van der Waals surface area contributed by atoms with Gasteiger partial charge in [0, 0.05) is 6.04 Å². The number of hydrogen-bond acceptors (Lipinski definition) is 3. The first-order chi connectivity index (χ1) is 8.70. The molecular formula is C15H23NO2. The van der Waals surface area contributed by atoms with Gasteiger partial charge in [-0.2, -0.15) is 0 Å². The van der Waals surface area contributed by atoms with Crippen LogP contribution in [0.5, 0.6) is 11.5 Å². The molecule has 1 saturated carbocycles. The lowest BCUT2D eigenvalue weighted by Crippen LogP contribution is -2.25. The van der Waals surface area contributed by atoms with Gasteiger partial charge in [-0.05, 0) is 49.8 Å². The highest BCUT2D eigenvalue weighted by Gasteiger charge is 2.23. The Morgan fingerprint density at radius 1 is 1.28 bits per heavy atom. The molecule has 0 bridgehead atoms. The molecule has 2 rings (SSSR count). The Kier molecular flexibility index (Phi) is 4.48. The van der Waals surface area contributed by atoms with Crippen LogP contribution in [-0.2, 0) is 0 Å². The first-order valence-electron chi connectivity index (χ1n) is 6.73. The van der Waals surface area contributed by atoms with E-state index in [1.807, 2.05) is 25.1 Å². The second kappa shape index (κ2) is 6.10. The van der Waals surface area contributed by atoms with E-state index in [9.17, 15) is 0 Å². The molecule has 0 spiro atoms. The van der Waals surface area contributed by atoms with Crippen LogP contribution in [-0.4, -0.2) is 19.8 Å². The third-order valence-electron chi connectivity index (χ3n) is 3.78. The standard InChI is InChI=1S/C15H23NO2/c1-11-6-7-14(15(10-11)17-2)18-9-8-12-4-3-5-13(12)16/h6-7,10,12-13H,3-5,8-9,16H2,1-2H3. The minimum atomic E-state index is 0.369. The summed E-state index contributed by atoms with van der Waals surface area (Å²) in [5.41, 5.74) is 7.23. The Bertz CT molecular complexity index is 392. The first-order valence-corrected chi connectivity index (χ1v) is 6.73. The molecule has 0 aromatic heterocycles. The lowest BCUT2D eigenvalue weighted by atomic mass is 10.0. The van der Waals surface area contributed by atoms with Gasteiger partial charge in [0.25, 0.3) is 0 Å². The molecule has 3 heteroatoms. The molecule has 2 atom stereocenters. The summed E-state index contributed by atoms with van der Waals surface area (Å²) in [5, 5.41) is 0. The molecule has 0 aliphatic heterocycles. The lowest BCUT2D eigenvalue weighted by molar-refractivity contribution is 0.258. The van der Waals surface area contributed by atoms with Crippen LogP contribution >= 0.6 is 0 Å². The number of nitrogens with two attached hydrogens (primary N) is 1. The summed E-state index contributed by atoms with van der Waals surface area (Å²) in [5.74, 6) is 2.27. The summed E-state index contributed by atoms with van der Waals surface area (Å²) >= 11 is 0. The third-order valence-corrected chi connectivity index (χ3v) is 3.78. The van der Waals surface area contributed by atoms with Crippen LogP contribution in [0.3, 0.4) is 0 Å². The first kappa shape index (κ1) is 13.2. The van der Waals surface area contributed by atoms with E-state index in [2.05, 4.69) is 0 Å². The maximum Gasteiger partial charge on any atom is 0.161 e. The van der Waals surface area contributed by atoms with Crippen LogP contribution in [0.2, 0.25) is 0 Å². The topological polar surface area (TPSA) is 44.5 Å². The molecule has 0 saturated heterocycles. The predicted molar refractivity (Wildman–Crippen MR) is 73.2 cm³/mol. The molecule has 1 aliphatic rings. The second-order valence-electron chi connectivity index (χ2n) is 5.15. The van der Waals surface area contributed by atoms with Gasteiger partial charge in [0.05, 0.1) is 13.7 Å². The van der Waals surface area contributed by atoms with E-state index >= 15 is 0 Å². The molecule has 1 fully saturated rings. The van der Waals surface area contributed by atoms with Crippen LogP contribution in [0.1, 0.15) is 31.2 Å². The van der Waals surface area contributed by atoms with Gasteiger partial charge in [0.1, 0.15) is 0 Å². The average Bonchev–Trinajstić information content (AvgIpc) is 2.77. The fraction of sp³-hybridized carbons (Fsp3) is 0.600. The maximum atomic E-state index is 6.05. The number of hydrogen-bond donors (Lipinski definition) is 1. The Balaban J connectivity index is 1.86. The summed E-state index contributed by atoms with van der Waals surface area (Å²) in [6, 6.07) is 6.38. The van der Waals surface area contributed by atoms with E-state index in [-0.39, 0.29) is 0 Å². The van der Waals surface area contributed by atoms with Gasteiger partial charge in [0.2, 0.25) is 0 Å². The van der Waals surface area contributed by atoms with E-state index in [0.29, 0.717) is 12.0 Å². The van der Waals surface area contributed by atoms with E-state index in [1.54, 1.807) is 7.11 Å². The van der Waals surface area contributed by atoms with Gasteiger partial charge in [-0.25, -0.2) is 0 Å². The largest absolute Gasteiger partial charge is 0.493 e. The molecule has 2 unspecified atom stereocenters. The SMILES string of the molecule is COc1cc(C)ccc1OCCC1CCCC1N. The Labute approximate surface area is 109 Å². The number of methoxy groups -OCH3 is 1. The highest BCUT2D eigenvalue weighted by molar-refractivity contribution is 5.42. The number of rotatable bonds is 5. The molecular weight excluding hydrogens is 226 g/mol. The lowest BCUT2D eigenvalue weighted by Gasteiger charge is -2.16. The van der Waals surface area contributed by atoms with Crippen molar-refractivity contribution in [1.29, 1.82) is 0 Å². The summed E-state index contributed by atoms with van der Waals surface area (Å²) in [4.78, 5) is 0. The van der Waals surface area contributed by atoms with Crippen LogP contribution in [0, 0.1) is 12.8 Å². The zero-order chi connectivity index (χ0) is 13.0. The van der Waals surface area contributed by atoms with Crippen molar-refractivity contribution in [3.8, 4) is 11.5 Å². The van der Waals surface area contributed by atoms with Crippen molar-refractivity contribution in [2.24, 2.45) is 11.7 Å². The fourth-order valence-electron chi connectivity index (χ4n) is 2.64. The fourth-order valence-corrected chi connectivity index (χ4v) is 2.64. The summed E-state index contributed by atoms with van der Waals surface area (Å²) < 4.78 is 11.1. The van der Waals surface area contributed by atoms with Crippen molar-refractivity contribution in [2.75, 3.05) is 13.7 Å². The average molecular weight is 249 g/mol. The molecule has 1 aromatic carbocycles. The van der Waals surface area contributed by atoms with Crippen molar-refractivity contribution in [1.82, 2.24) is 0 Å².